The molecule has 4 rings (SSSR count). The topological polar surface area (TPSA) is 93.6 Å². The second kappa shape index (κ2) is 9.44. The second-order valence-corrected chi connectivity index (χ2v) is 11.0. The van der Waals surface area contributed by atoms with Crippen molar-refractivity contribution in [2.45, 2.75) is 48.9 Å². The molecular formula is C24H24N2O5S2. The largest absolute Gasteiger partial charge is 0.458 e. The lowest BCUT2D eigenvalue weighted by atomic mass is 10.1. The molecule has 2 aromatic carbocycles. The minimum absolute atomic E-state index is 0.125. The third-order valence-corrected chi connectivity index (χ3v) is 9.13. The summed E-state index contributed by atoms with van der Waals surface area (Å²) in [4.78, 5) is 31.4. The van der Waals surface area contributed by atoms with Crippen molar-refractivity contribution in [1.82, 2.24) is 4.98 Å². The van der Waals surface area contributed by atoms with Crippen LogP contribution in [-0.4, -0.2) is 30.0 Å². The molecule has 3 aromatic rings. The fourth-order valence-corrected chi connectivity index (χ4v) is 7.04. The Balaban J connectivity index is 1.53. The summed E-state index contributed by atoms with van der Waals surface area (Å²) in [5.74, 6) is -0.942. The Morgan fingerprint density at radius 1 is 1.03 bits per heavy atom. The summed E-state index contributed by atoms with van der Waals surface area (Å²) in [5.41, 5.74) is 1.14. The van der Waals surface area contributed by atoms with Gasteiger partial charge in [-0.3, -0.25) is 14.5 Å². The van der Waals surface area contributed by atoms with Gasteiger partial charge in [-0.15, -0.1) is 11.3 Å². The van der Waals surface area contributed by atoms with E-state index in [1.54, 1.807) is 35.7 Å². The lowest BCUT2D eigenvalue weighted by molar-refractivity contribution is -0.148. The van der Waals surface area contributed by atoms with E-state index in [0.717, 1.165) is 0 Å². The normalized spacial score (nSPS) is 15.2. The number of amides is 1. The Hall–Kier alpha value is -3.04. The number of hydrogen-bond donors (Lipinski definition) is 0. The Morgan fingerprint density at radius 3 is 2.24 bits per heavy atom. The molecule has 0 unspecified atom stereocenters. The number of rotatable bonds is 7. The summed E-state index contributed by atoms with van der Waals surface area (Å²) in [6.45, 7) is 1.29. The second-order valence-electron chi connectivity index (χ2n) is 7.91. The van der Waals surface area contributed by atoms with E-state index in [1.807, 2.05) is 18.2 Å². The van der Waals surface area contributed by atoms with Gasteiger partial charge in [0.25, 0.3) is 0 Å². The molecule has 33 heavy (non-hydrogen) atoms. The maximum absolute atomic E-state index is 13.4. The molecule has 1 aromatic heterocycles. The minimum atomic E-state index is -3.90. The Labute approximate surface area is 197 Å². The van der Waals surface area contributed by atoms with E-state index in [2.05, 4.69) is 4.98 Å². The number of para-hydroxylation sites is 1. The van der Waals surface area contributed by atoms with Gasteiger partial charge >= 0.3 is 5.97 Å². The number of esters is 1. The molecule has 1 heterocycles. The molecule has 0 aliphatic heterocycles. The summed E-state index contributed by atoms with van der Waals surface area (Å²) in [6, 6.07) is 17.2. The number of benzene rings is 2. The van der Waals surface area contributed by atoms with E-state index in [4.69, 9.17) is 4.74 Å². The van der Waals surface area contributed by atoms with Crippen LogP contribution in [0.1, 0.15) is 38.3 Å². The average Bonchev–Trinajstić information content (AvgIpc) is 3.50. The van der Waals surface area contributed by atoms with E-state index >= 15 is 0 Å². The maximum atomic E-state index is 13.4. The SMILES string of the molecule is CC(=O)N(c1ccccc1)c1nc(COC(=O)C2(S(=O)(=O)c3ccccc3)CCCC2)cs1. The Morgan fingerprint density at radius 2 is 1.64 bits per heavy atom. The van der Waals surface area contributed by atoms with Gasteiger partial charge < -0.3 is 4.74 Å². The average molecular weight is 485 g/mol. The number of thiazole rings is 1. The van der Waals surface area contributed by atoms with Crippen LogP contribution in [0.4, 0.5) is 10.8 Å². The van der Waals surface area contributed by atoms with Gasteiger partial charge in [-0.2, -0.15) is 0 Å². The van der Waals surface area contributed by atoms with Gasteiger partial charge in [0.2, 0.25) is 5.91 Å². The number of ether oxygens (including phenoxy) is 1. The van der Waals surface area contributed by atoms with Crippen molar-refractivity contribution in [2.75, 3.05) is 4.90 Å². The monoisotopic (exact) mass is 484 g/mol. The van der Waals surface area contributed by atoms with Crippen molar-refractivity contribution in [3.05, 3.63) is 71.7 Å². The van der Waals surface area contributed by atoms with Crippen molar-refractivity contribution < 1.29 is 22.7 Å². The smallest absolute Gasteiger partial charge is 0.328 e. The molecule has 1 fully saturated rings. The van der Waals surface area contributed by atoms with Gasteiger partial charge in [0.1, 0.15) is 6.61 Å². The van der Waals surface area contributed by atoms with Crippen LogP contribution >= 0.6 is 11.3 Å². The number of carbonyl (C=O) groups excluding carboxylic acids is 2. The highest BCUT2D eigenvalue weighted by Gasteiger charge is 2.54. The number of aromatic nitrogens is 1. The minimum Gasteiger partial charge on any atom is -0.458 e. The van der Waals surface area contributed by atoms with Crippen LogP contribution in [0, 0.1) is 0 Å². The molecule has 7 nitrogen and oxygen atoms in total. The lowest BCUT2D eigenvalue weighted by Gasteiger charge is -2.26. The maximum Gasteiger partial charge on any atom is 0.328 e. The van der Waals surface area contributed by atoms with Crippen LogP contribution in [0.2, 0.25) is 0 Å². The first-order valence-corrected chi connectivity index (χ1v) is 13.0. The highest BCUT2D eigenvalue weighted by molar-refractivity contribution is 7.93. The number of nitrogens with zero attached hydrogens (tertiary/aromatic N) is 2. The van der Waals surface area contributed by atoms with Crippen molar-refractivity contribution in [2.24, 2.45) is 0 Å². The van der Waals surface area contributed by atoms with Gasteiger partial charge in [0.05, 0.1) is 16.3 Å². The molecule has 1 saturated carbocycles. The predicted molar refractivity (Wildman–Crippen MR) is 126 cm³/mol. The first-order valence-electron chi connectivity index (χ1n) is 10.6. The quantitative estimate of drug-likeness (QED) is 0.453. The van der Waals surface area contributed by atoms with Crippen LogP contribution in [0.25, 0.3) is 0 Å². The van der Waals surface area contributed by atoms with E-state index in [-0.39, 0.29) is 30.3 Å². The van der Waals surface area contributed by atoms with Crippen LogP contribution in [0.15, 0.2) is 70.9 Å². The number of sulfone groups is 1. The third-order valence-electron chi connectivity index (χ3n) is 5.76. The fourth-order valence-electron chi connectivity index (χ4n) is 4.09. The Bertz CT molecular complexity index is 1230. The van der Waals surface area contributed by atoms with E-state index in [0.29, 0.717) is 29.4 Å². The number of carbonyl (C=O) groups is 2. The van der Waals surface area contributed by atoms with Crippen molar-refractivity contribution >= 4 is 43.9 Å². The van der Waals surface area contributed by atoms with Crippen LogP contribution in [-0.2, 0) is 30.8 Å². The van der Waals surface area contributed by atoms with Gasteiger partial charge in [0.15, 0.2) is 19.7 Å². The molecular weight excluding hydrogens is 460 g/mol. The molecule has 172 valence electrons. The lowest BCUT2D eigenvalue weighted by Crippen LogP contribution is -2.45. The molecule has 1 aliphatic rings. The molecule has 0 atom stereocenters. The van der Waals surface area contributed by atoms with Crippen LogP contribution in [0.3, 0.4) is 0 Å². The van der Waals surface area contributed by atoms with E-state index in [9.17, 15) is 18.0 Å². The molecule has 9 heteroatoms. The molecule has 0 N–H and O–H groups in total. The summed E-state index contributed by atoms with van der Waals surface area (Å²) < 4.78 is 30.7. The molecule has 0 saturated heterocycles. The number of hydrogen-bond acceptors (Lipinski definition) is 7. The van der Waals surface area contributed by atoms with Gasteiger partial charge in [-0.1, -0.05) is 49.2 Å². The molecule has 0 spiro atoms. The standard InChI is InChI=1S/C24H24N2O5S2/c1-18(27)26(20-10-4-2-5-11-20)23-25-19(17-32-23)16-31-22(28)24(14-8-9-15-24)33(29,30)21-12-6-3-7-13-21/h2-7,10-13,17H,8-9,14-16H2,1H3. The highest BCUT2D eigenvalue weighted by Crippen LogP contribution is 2.41. The highest BCUT2D eigenvalue weighted by atomic mass is 32.2. The molecule has 1 amide bonds. The number of anilines is 2. The zero-order valence-electron chi connectivity index (χ0n) is 18.1. The van der Waals surface area contributed by atoms with Crippen molar-refractivity contribution in [3.8, 4) is 0 Å². The predicted octanol–water partition coefficient (Wildman–Crippen LogP) is 4.66. The summed E-state index contributed by atoms with van der Waals surface area (Å²) >= 11 is 1.25. The van der Waals surface area contributed by atoms with Gasteiger partial charge in [0, 0.05) is 12.3 Å². The first-order chi connectivity index (χ1) is 15.8. The van der Waals surface area contributed by atoms with E-state index < -0.39 is 20.6 Å². The molecule has 0 radical (unpaired) electrons. The van der Waals surface area contributed by atoms with Crippen molar-refractivity contribution in [1.29, 1.82) is 0 Å². The van der Waals surface area contributed by atoms with Crippen LogP contribution < -0.4 is 4.90 Å². The van der Waals surface area contributed by atoms with Gasteiger partial charge in [-0.05, 0) is 37.1 Å². The van der Waals surface area contributed by atoms with E-state index in [1.165, 1.54) is 35.3 Å². The summed E-state index contributed by atoms with van der Waals surface area (Å²) in [7, 11) is -3.90. The molecule has 0 bridgehead atoms. The third kappa shape index (κ3) is 4.43. The summed E-state index contributed by atoms with van der Waals surface area (Å²) in [5, 5.41) is 2.15. The zero-order valence-corrected chi connectivity index (χ0v) is 19.8. The zero-order chi connectivity index (χ0) is 23.5. The molecule has 1 aliphatic carbocycles. The Kier molecular flexibility index (Phi) is 6.62. The summed E-state index contributed by atoms with van der Waals surface area (Å²) in [6.07, 6.45) is 1.76. The fraction of sp³-hybridized carbons (Fsp3) is 0.292. The van der Waals surface area contributed by atoms with Crippen molar-refractivity contribution in [3.63, 3.8) is 0 Å². The first kappa shape index (κ1) is 23.1. The van der Waals surface area contributed by atoms with Crippen LogP contribution in [0.5, 0.6) is 0 Å². The van der Waals surface area contributed by atoms with Gasteiger partial charge in [-0.25, -0.2) is 13.4 Å².